The van der Waals surface area contributed by atoms with Gasteiger partial charge in [0, 0.05) is 16.4 Å². The van der Waals surface area contributed by atoms with Crippen LogP contribution in [0.15, 0.2) is 53.7 Å². The highest BCUT2D eigenvalue weighted by atomic mass is 35.5. The molecule has 0 N–H and O–H groups in total. The maximum Gasteiger partial charge on any atom is 0.275 e. The summed E-state index contributed by atoms with van der Waals surface area (Å²) >= 11 is 7.46. The van der Waals surface area contributed by atoms with E-state index in [4.69, 9.17) is 21.6 Å². The number of halogens is 1. The lowest BCUT2D eigenvalue weighted by molar-refractivity contribution is 0.325. The van der Waals surface area contributed by atoms with Gasteiger partial charge in [0.05, 0.1) is 17.4 Å². The Labute approximate surface area is 211 Å². The molecule has 1 aliphatic heterocycles. The second kappa shape index (κ2) is 9.18. The van der Waals surface area contributed by atoms with Crippen molar-refractivity contribution in [1.29, 1.82) is 0 Å². The third-order valence-corrected chi connectivity index (χ3v) is 8.07. The van der Waals surface area contributed by atoms with Crippen molar-refractivity contribution >= 4 is 44.3 Å². The molecule has 0 aliphatic carbocycles. The van der Waals surface area contributed by atoms with Crippen molar-refractivity contribution in [3.63, 3.8) is 0 Å². The van der Waals surface area contributed by atoms with Gasteiger partial charge in [-0.2, -0.15) is 0 Å². The topological polar surface area (TPSA) is 68.8 Å². The zero-order valence-corrected chi connectivity index (χ0v) is 21.0. The third-order valence-electron chi connectivity index (χ3n) is 6.66. The van der Waals surface area contributed by atoms with Crippen LogP contribution in [0.5, 0.6) is 0 Å². The van der Waals surface area contributed by atoms with Crippen molar-refractivity contribution in [3.05, 3.63) is 70.1 Å². The van der Waals surface area contributed by atoms with Crippen molar-refractivity contribution < 1.29 is 0 Å². The van der Waals surface area contributed by atoms with Crippen molar-refractivity contribution in [1.82, 2.24) is 29.0 Å². The SMILES string of the molecule is Cc1nc2cc(-n3cnc4cc(-c5ccc(Cl)cc5)sc4c3=O)cnc2n1CCCN1CCCC1. The molecule has 0 unspecified atom stereocenters. The summed E-state index contributed by atoms with van der Waals surface area (Å²) in [7, 11) is 0. The van der Waals surface area contributed by atoms with E-state index in [1.54, 1.807) is 17.1 Å². The minimum Gasteiger partial charge on any atom is -0.313 e. The van der Waals surface area contributed by atoms with Crippen LogP contribution < -0.4 is 5.56 Å². The highest BCUT2D eigenvalue weighted by Crippen LogP contribution is 2.31. The Hall–Kier alpha value is -3.07. The fraction of sp³-hybridized carbons (Fsp3) is 0.308. The number of fused-ring (bicyclic) bond motifs is 2. The Balaban J connectivity index is 1.30. The van der Waals surface area contributed by atoms with Crippen LogP contribution in [0.4, 0.5) is 0 Å². The van der Waals surface area contributed by atoms with Gasteiger partial charge in [-0.15, -0.1) is 11.3 Å². The van der Waals surface area contributed by atoms with E-state index >= 15 is 0 Å². The lowest BCUT2D eigenvalue weighted by Gasteiger charge is -2.14. The number of benzene rings is 1. The van der Waals surface area contributed by atoms with E-state index in [1.807, 2.05) is 43.3 Å². The molecule has 5 heterocycles. The summed E-state index contributed by atoms with van der Waals surface area (Å²) < 4.78 is 4.34. The number of aromatic nitrogens is 5. The molecule has 0 saturated carbocycles. The highest BCUT2D eigenvalue weighted by Gasteiger charge is 2.15. The molecular formula is C26H25ClN6OS. The first kappa shape index (κ1) is 22.4. The summed E-state index contributed by atoms with van der Waals surface area (Å²) in [6.45, 7) is 6.44. The van der Waals surface area contributed by atoms with E-state index in [2.05, 4.69) is 14.5 Å². The molecule has 35 heavy (non-hydrogen) atoms. The molecule has 0 amide bonds. The standard InChI is InChI=1S/C26H25ClN6OS/c1-17-30-22-13-20(15-28-25(22)32(17)12-4-11-31-9-2-3-10-31)33-16-29-21-14-23(35-24(21)26(33)34)18-5-7-19(27)8-6-18/h5-8,13-16H,2-4,9-12H2,1H3. The first-order valence-electron chi connectivity index (χ1n) is 11.9. The summed E-state index contributed by atoms with van der Waals surface area (Å²) in [5.41, 5.74) is 3.91. The predicted molar refractivity (Wildman–Crippen MR) is 142 cm³/mol. The average molecular weight is 505 g/mol. The van der Waals surface area contributed by atoms with Gasteiger partial charge in [-0.05, 0) is 75.6 Å². The minimum absolute atomic E-state index is 0.108. The molecule has 1 aromatic carbocycles. The van der Waals surface area contributed by atoms with E-state index in [0.717, 1.165) is 46.9 Å². The smallest absolute Gasteiger partial charge is 0.275 e. The number of hydrogen-bond donors (Lipinski definition) is 0. The Morgan fingerprint density at radius 1 is 1.03 bits per heavy atom. The summed E-state index contributed by atoms with van der Waals surface area (Å²) in [4.78, 5) is 30.9. The molecule has 6 rings (SSSR count). The number of nitrogens with zero attached hydrogens (tertiary/aromatic N) is 6. The second-order valence-electron chi connectivity index (χ2n) is 9.00. The van der Waals surface area contributed by atoms with Gasteiger partial charge in [0.15, 0.2) is 5.65 Å². The van der Waals surface area contributed by atoms with Crippen LogP contribution in [0.2, 0.25) is 5.02 Å². The van der Waals surface area contributed by atoms with E-state index in [1.165, 1.54) is 37.3 Å². The number of rotatable bonds is 6. The van der Waals surface area contributed by atoms with Crippen LogP contribution in [-0.4, -0.2) is 48.6 Å². The second-order valence-corrected chi connectivity index (χ2v) is 10.5. The zero-order valence-electron chi connectivity index (χ0n) is 19.4. The monoisotopic (exact) mass is 504 g/mol. The summed E-state index contributed by atoms with van der Waals surface area (Å²) in [5.74, 6) is 0.942. The maximum atomic E-state index is 13.4. The molecule has 0 bridgehead atoms. The fourth-order valence-electron chi connectivity index (χ4n) is 4.82. The van der Waals surface area contributed by atoms with Crippen LogP contribution >= 0.6 is 22.9 Å². The first-order chi connectivity index (χ1) is 17.1. The molecule has 1 fully saturated rings. The number of imidazole rings is 1. The Morgan fingerprint density at radius 2 is 1.83 bits per heavy atom. The molecule has 9 heteroatoms. The number of hydrogen-bond acceptors (Lipinski definition) is 6. The van der Waals surface area contributed by atoms with Gasteiger partial charge in [-0.1, -0.05) is 23.7 Å². The van der Waals surface area contributed by atoms with Crippen LogP contribution in [0.1, 0.15) is 25.1 Å². The van der Waals surface area contributed by atoms with Gasteiger partial charge >= 0.3 is 0 Å². The van der Waals surface area contributed by atoms with Gasteiger partial charge in [0.25, 0.3) is 5.56 Å². The van der Waals surface area contributed by atoms with E-state index < -0.39 is 0 Å². The summed E-state index contributed by atoms with van der Waals surface area (Å²) in [6.07, 6.45) is 7.01. The van der Waals surface area contributed by atoms with Crippen LogP contribution in [0.25, 0.3) is 37.5 Å². The minimum atomic E-state index is -0.108. The highest BCUT2D eigenvalue weighted by molar-refractivity contribution is 7.22. The van der Waals surface area contributed by atoms with Gasteiger partial charge in [-0.25, -0.2) is 15.0 Å². The lowest BCUT2D eigenvalue weighted by Crippen LogP contribution is -2.21. The van der Waals surface area contributed by atoms with E-state index in [0.29, 0.717) is 20.9 Å². The van der Waals surface area contributed by atoms with Crippen LogP contribution in [0.3, 0.4) is 0 Å². The number of aryl methyl sites for hydroxylation is 2. The fourth-order valence-corrected chi connectivity index (χ4v) is 6.00. The zero-order chi connectivity index (χ0) is 23.9. The molecule has 178 valence electrons. The lowest BCUT2D eigenvalue weighted by atomic mass is 10.2. The average Bonchev–Trinajstić information content (AvgIpc) is 3.59. The van der Waals surface area contributed by atoms with Crippen molar-refractivity contribution in [2.45, 2.75) is 32.7 Å². The molecule has 0 spiro atoms. The van der Waals surface area contributed by atoms with Gasteiger partial charge in [-0.3, -0.25) is 9.36 Å². The quantitative estimate of drug-likeness (QED) is 0.313. The molecule has 0 radical (unpaired) electrons. The molecule has 5 aromatic rings. The van der Waals surface area contributed by atoms with Crippen molar-refractivity contribution in [3.8, 4) is 16.1 Å². The summed E-state index contributed by atoms with van der Waals surface area (Å²) in [5, 5.41) is 0.683. The van der Waals surface area contributed by atoms with E-state index in [-0.39, 0.29) is 5.56 Å². The van der Waals surface area contributed by atoms with Crippen molar-refractivity contribution in [2.24, 2.45) is 0 Å². The molecule has 0 atom stereocenters. The normalized spacial score (nSPS) is 14.5. The summed E-state index contributed by atoms with van der Waals surface area (Å²) in [6, 6.07) is 11.5. The third kappa shape index (κ3) is 4.26. The van der Waals surface area contributed by atoms with Crippen LogP contribution in [0, 0.1) is 6.92 Å². The van der Waals surface area contributed by atoms with Crippen LogP contribution in [-0.2, 0) is 6.54 Å². The molecule has 1 aliphatic rings. The predicted octanol–water partition coefficient (Wildman–Crippen LogP) is 5.31. The molecule has 7 nitrogen and oxygen atoms in total. The van der Waals surface area contributed by atoms with Gasteiger partial charge in [0.2, 0.25) is 0 Å². The molecular weight excluding hydrogens is 480 g/mol. The van der Waals surface area contributed by atoms with E-state index in [9.17, 15) is 4.79 Å². The van der Waals surface area contributed by atoms with Gasteiger partial charge < -0.3 is 9.47 Å². The Kier molecular flexibility index (Phi) is 5.88. The molecule has 4 aromatic heterocycles. The Bertz CT molecular complexity index is 1580. The molecule has 1 saturated heterocycles. The number of thiophene rings is 1. The van der Waals surface area contributed by atoms with Gasteiger partial charge in [0.1, 0.15) is 22.4 Å². The first-order valence-corrected chi connectivity index (χ1v) is 13.1. The number of pyridine rings is 1. The Morgan fingerprint density at radius 3 is 2.63 bits per heavy atom. The van der Waals surface area contributed by atoms with Crippen molar-refractivity contribution in [2.75, 3.05) is 19.6 Å². The maximum absolute atomic E-state index is 13.4. The largest absolute Gasteiger partial charge is 0.313 e. The number of likely N-dealkylation sites (tertiary alicyclic amines) is 1.